The van der Waals surface area contributed by atoms with Crippen LogP contribution in [0.3, 0.4) is 0 Å². The molecule has 0 atom stereocenters. The molecule has 1 heterocycles. The number of carbonyl (C=O) groups is 1. The van der Waals surface area contributed by atoms with E-state index in [4.69, 9.17) is 11.6 Å². The highest BCUT2D eigenvalue weighted by Crippen LogP contribution is 2.33. The summed E-state index contributed by atoms with van der Waals surface area (Å²) in [4.78, 5) is 17.6. The normalized spacial score (nSPS) is 11.2. The van der Waals surface area contributed by atoms with Crippen LogP contribution in [-0.4, -0.2) is 22.2 Å². The molecule has 0 aliphatic rings. The van der Waals surface area contributed by atoms with Crippen molar-refractivity contribution in [2.24, 2.45) is 5.10 Å². The minimum atomic E-state index is -0.389. The number of halogens is 3. The van der Waals surface area contributed by atoms with Gasteiger partial charge in [0.2, 0.25) is 0 Å². The van der Waals surface area contributed by atoms with Gasteiger partial charge in [-0.15, -0.1) is 0 Å². The number of nitrogens with zero attached hydrogens (tertiary/aromatic N) is 2. The Labute approximate surface area is 200 Å². The summed E-state index contributed by atoms with van der Waals surface area (Å²) in [7, 11) is 0. The second kappa shape index (κ2) is 9.18. The van der Waals surface area contributed by atoms with Crippen LogP contribution in [-0.2, 0) is 0 Å². The minimum absolute atomic E-state index is 0.0924. The standard InChI is InChI=1S/C23H14Br2ClN3O2/c24-17-9-13(10-18(25)22(17)30)12-27-29-23(31)16-11-20(14-5-2-1-3-6-14)28-21-15(16)7-4-8-19(21)26/h1-12,30H,(H,29,31). The van der Waals surface area contributed by atoms with E-state index in [0.29, 0.717) is 41.7 Å². The minimum Gasteiger partial charge on any atom is -0.506 e. The summed E-state index contributed by atoms with van der Waals surface area (Å²) in [6.45, 7) is 0. The predicted octanol–water partition coefficient (Wildman–Crippen LogP) is 6.55. The van der Waals surface area contributed by atoms with Crippen LogP contribution in [0.5, 0.6) is 5.75 Å². The number of phenolic OH excluding ortho intramolecular Hbond substituents is 1. The van der Waals surface area contributed by atoms with E-state index in [2.05, 4.69) is 47.4 Å². The largest absolute Gasteiger partial charge is 0.506 e. The number of carbonyl (C=O) groups excluding carboxylic acids is 1. The molecule has 1 amide bonds. The average Bonchev–Trinajstić information content (AvgIpc) is 2.77. The third-order valence-electron chi connectivity index (χ3n) is 4.52. The number of benzene rings is 3. The van der Waals surface area contributed by atoms with Crippen LogP contribution < -0.4 is 5.43 Å². The van der Waals surface area contributed by atoms with Gasteiger partial charge >= 0.3 is 0 Å². The Morgan fingerprint density at radius 1 is 1.03 bits per heavy atom. The van der Waals surface area contributed by atoms with Crippen molar-refractivity contribution in [1.29, 1.82) is 0 Å². The van der Waals surface area contributed by atoms with Crippen molar-refractivity contribution in [2.75, 3.05) is 0 Å². The molecule has 154 valence electrons. The molecular weight excluding hydrogens is 546 g/mol. The summed E-state index contributed by atoms with van der Waals surface area (Å²) >= 11 is 12.9. The number of aromatic nitrogens is 1. The molecule has 4 aromatic rings. The number of para-hydroxylation sites is 1. The monoisotopic (exact) mass is 557 g/mol. The lowest BCUT2D eigenvalue weighted by Gasteiger charge is -2.10. The van der Waals surface area contributed by atoms with E-state index in [1.807, 2.05) is 30.3 Å². The number of rotatable bonds is 4. The maximum absolute atomic E-state index is 13.0. The molecule has 1 aromatic heterocycles. The van der Waals surface area contributed by atoms with Crippen molar-refractivity contribution in [1.82, 2.24) is 10.4 Å². The molecule has 0 saturated heterocycles. The van der Waals surface area contributed by atoms with Crippen LogP contribution in [0.25, 0.3) is 22.2 Å². The Balaban J connectivity index is 1.69. The topological polar surface area (TPSA) is 74.6 Å². The first-order chi connectivity index (χ1) is 14.9. The number of hydrogen-bond acceptors (Lipinski definition) is 4. The van der Waals surface area contributed by atoms with Gasteiger partial charge in [0.25, 0.3) is 5.91 Å². The molecule has 3 aromatic carbocycles. The Kier molecular flexibility index (Phi) is 6.36. The smallest absolute Gasteiger partial charge is 0.272 e. The lowest BCUT2D eigenvalue weighted by molar-refractivity contribution is 0.0956. The Morgan fingerprint density at radius 2 is 1.74 bits per heavy atom. The summed E-state index contributed by atoms with van der Waals surface area (Å²) < 4.78 is 1.02. The van der Waals surface area contributed by atoms with Gasteiger partial charge in [-0.05, 0) is 61.7 Å². The zero-order valence-corrected chi connectivity index (χ0v) is 19.7. The van der Waals surface area contributed by atoms with Crippen molar-refractivity contribution in [3.05, 3.63) is 91.8 Å². The van der Waals surface area contributed by atoms with Crippen molar-refractivity contribution in [3.8, 4) is 17.0 Å². The number of hydrazone groups is 1. The molecule has 0 fully saturated rings. The average molecular weight is 560 g/mol. The lowest BCUT2D eigenvalue weighted by atomic mass is 10.0. The zero-order valence-electron chi connectivity index (χ0n) is 15.8. The number of fused-ring (bicyclic) bond motifs is 1. The molecule has 0 aliphatic carbocycles. The molecule has 0 spiro atoms. The highest BCUT2D eigenvalue weighted by molar-refractivity contribution is 9.11. The number of amides is 1. The quantitative estimate of drug-likeness (QED) is 0.220. The molecule has 31 heavy (non-hydrogen) atoms. The third-order valence-corrected chi connectivity index (χ3v) is 6.04. The highest BCUT2D eigenvalue weighted by atomic mass is 79.9. The molecular formula is C23H14Br2ClN3O2. The number of nitrogens with one attached hydrogen (secondary N) is 1. The van der Waals surface area contributed by atoms with Gasteiger partial charge in [-0.1, -0.05) is 54.1 Å². The van der Waals surface area contributed by atoms with Crippen LogP contribution in [0.15, 0.2) is 80.8 Å². The Morgan fingerprint density at radius 3 is 2.45 bits per heavy atom. The van der Waals surface area contributed by atoms with Crippen molar-refractivity contribution < 1.29 is 9.90 Å². The van der Waals surface area contributed by atoms with Gasteiger partial charge in [-0.25, -0.2) is 10.4 Å². The van der Waals surface area contributed by atoms with E-state index in [1.54, 1.807) is 36.4 Å². The summed E-state index contributed by atoms with van der Waals surface area (Å²) in [6, 6.07) is 20.0. The van der Waals surface area contributed by atoms with E-state index < -0.39 is 0 Å². The molecule has 2 N–H and O–H groups in total. The van der Waals surface area contributed by atoms with Gasteiger partial charge in [0.15, 0.2) is 0 Å². The van der Waals surface area contributed by atoms with Gasteiger partial charge in [0, 0.05) is 10.9 Å². The summed E-state index contributed by atoms with van der Waals surface area (Å²) in [5, 5.41) is 15.0. The maximum atomic E-state index is 13.0. The molecule has 4 rings (SSSR count). The molecule has 0 saturated carbocycles. The summed E-state index contributed by atoms with van der Waals surface area (Å²) in [5.41, 5.74) is 5.72. The zero-order chi connectivity index (χ0) is 22.0. The van der Waals surface area contributed by atoms with E-state index in [1.165, 1.54) is 6.21 Å². The predicted molar refractivity (Wildman–Crippen MR) is 131 cm³/mol. The number of phenols is 1. The third kappa shape index (κ3) is 4.63. The van der Waals surface area contributed by atoms with E-state index in [9.17, 15) is 9.90 Å². The SMILES string of the molecule is O=C(NN=Cc1cc(Br)c(O)c(Br)c1)c1cc(-c2ccccc2)nc2c(Cl)cccc12. The molecule has 0 aliphatic heterocycles. The fourth-order valence-electron chi connectivity index (χ4n) is 3.04. The maximum Gasteiger partial charge on any atom is 0.272 e. The van der Waals surface area contributed by atoms with Gasteiger partial charge in [0.05, 0.1) is 37.0 Å². The van der Waals surface area contributed by atoms with E-state index in [-0.39, 0.29) is 11.7 Å². The van der Waals surface area contributed by atoms with Crippen molar-refractivity contribution >= 4 is 66.5 Å². The van der Waals surface area contributed by atoms with E-state index in [0.717, 1.165) is 5.56 Å². The number of hydrogen-bond donors (Lipinski definition) is 2. The number of aromatic hydroxyl groups is 1. The fourth-order valence-corrected chi connectivity index (χ4v) is 4.48. The van der Waals surface area contributed by atoms with E-state index >= 15 is 0 Å². The van der Waals surface area contributed by atoms with Crippen LogP contribution in [0, 0.1) is 0 Å². The van der Waals surface area contributed by atoms with Crippen LogP contribution in [0.2, 0.25) is 5.02 Å². The first-order valence-electron chi connectivity index (χ1n) is 9.10. The molecule has 5 nitrogen and oxygen atoms in total. The van der Waals surface area contributed by atoms with Crippen molar-refractivity contribution in [2.45, 2.75) is 0 Å². The highest BCUT2D eigenvalue weighted by Gasteiger charge is 2.15. The van der Waals surface area contributed by atoms with Gasteiger partial charge in [-0.3, -0.25) is 4.79 Å². The van der Waals surface area contributed by atoms with Crippen LogP contribution >= 0.6 is 43.5 Å². The lowest BCUT2D eigenvalue weighted by Crippen LogP contribution is -2.18. The number of pyridine rings is 1. The van der Waals surface area contributed by atoms with Gasteiger partial charge < -0.3 is 5.11 Å². The van der Waals surface area contributed by atoms with Gasteiger partial charge in [0.1, 0.15) is 5.75 Å². The first-order valence-corrected chi connectivity index (χ1v) is 11.1. The second-order valence-corrected chi connectivity index (χ2v) is 8.71. The molecule has 0 radical (unpaired) electrons. The Bertz CT molecular complexity index is 1300. The molecule has 0 unspecified atom stereocenters. The first kappa shape index (κ1) is 21.5. The fraction of sp³-hybridized carbons (Fsp3) is 0. The second-order valence-electron chi connectivity index (χ2n) is 6.59. The summed E-state index contributed by atoms with van der Waals surface area (Å²) in [6.07, 6.45) is 1.49. The van der Waals surface area contributed by atoms with Crippen molar-refractivity contribution in [3.63, 3.8) is 0 Å². The molecule has 0 bridgehead atoms. The molecule has 8 heteroatoms. The van der Waals surface area contributed by atoms with Gasteiger partial charge in [-0.2, -0.15) is 5.10 Å². The van der Waals surface area contributed by atoms with Crippen LogP contribution in [0.4, 0.5) is 0 Å². The Hall–Kier alpha value is -2.74. The summed E-state index contributed by atoms with van der Waals surface area (Å²) in [5.74, 6) is -0.297. The van der Waals surface area contributed by atoms with Crippen LogP contribution in [0.1, 0.15) is 15.9 Å².